The highest BCUT2D eigenvalue weighted by atomic mass is 32.2. The molecule has 1 heterocycles. The van der Waals surface area contributed by atoms with Crippen molar-refractivity contribution in [2.45, 2.75) is 31.3 Å². The van der Waals surface area contributed by atoms with E-state index in [4.69, 9.17) is 4.74 Å². The first-order valence-electron chi connectivity index (χ1n) is 5.63. The lowest BCUT2D eigenvalue weighted by atomic mass is 10.1. The minimum Gasteiger partial charge on any atom is -0.469 e. The van der Waals surface area contributed by atoms with Gasteiger partial charge < -0.3 is 4.74 Å². The zero-order valence-electron chi connectivity index (χ0n) is 10.1. The van der Waals surface area contributed by atoms with Crippen molar-refractivity contribution in [1.82, 2.24) is 9.97 Å². The summed E-state index contributed by atoms with van der Waals surface area (Å²) in [6, 6.07) is 1.88. The van der Waals surface area contributed by atoms with Gasteiger partial charge in [-0.2, -0.15) is 0 Å². The highest BCUT2D eigenvalue weighted by Crippen LogP contribution is 2.51. The van der Waals surface area contributed by atoms with Gasteiger partial charge in [0, 0.05) is 17.6 Å². The van der Waals surface area contributed by atoms with Crippen LogP contribution in [0.15, 0.2) is 17.4 Å². The quantitative estimate of drug-likeness (QED) is 0.457. The van der Waals surface area contributed by atoms with E-state index in [1.165, 1.54) is 7.11 Å². The Bertz CT molecular complexity index is 419. The minimum absolute atomic E-state index is 0.117. The van der Waals surface area contributed by atoms with Crippen molar-refractivity contribution in [2.24, 2.45) is 5.41 Å². The Labute approximate surface area is 105 Å². The number of rotatable bonds is 5. The van der Waals surface area contributed by atoms with Crippen LogP contribution < -0.4 is 0 Å². The van der Waals surface area contributed by atoms with Crippen LogP contribution >= 0.6 is 11.8 Å². The third-order valence-electron chi connectivity index (χ3n) is 2.98. The third kappa shape index (κ3) is 3.43. The zero-order valence-corrected chi connectivity index (χ0v) is 10.9. The Morgan fingerprint density at radius 2 is 2.35 bits per heavy atom. The van der Waals surface area contributed by atoms with Gasteiger partial charge in [0.05, 0.1) is 13.5 Å². The molecule has 4 nitrogen and oxygen atoms in total. The van der Waals surface area contributed by atoms with Crippen LogP contribution in [0.25, 0.3) is 0 Å². The number of carbonyl (C=O) groups excluding carboxylic acids is 1. The predicted octanol–water partition coefficient (Wildman–Crippen LogP) is 2.22. The van der Waals surface area contributed by atoms with Crippen molar-refractivity contribution in [3.63, 3.8) is 0 Å². The maximum Gasteiger partial charge on any atom is 0.306 e. The Morgan fingerprint density at radius 1 is 1.59 bits per heavy atom. The van der Waals surface area contributed by atoms with Crippen LogP contribution in [-0.4, -0.2) is 28.8 Å². The fourth-order valence-electron chi connectivity index (χ4n) is 1.64. The van der Waals surface area contributed by atoms with E-state index in [9.17, 15) is 4.79 Å². The highest BCUT2D eigenvalue weighted by molar-refractivity contribution is 7.99. The van der Waals surface area contributed by atoms with Gasteiger partial charge in [0.1, 0.15) is 0 Å². The number of nitrogens with zero attached hydrogens (tertiary/aromatic N) is 2. The Balaban J connectivity index is 1.88. The van der Waals surface area contributed by atoms with Gasteiger partial charge in [0.25, 0.3) is 0 Å². The summed E-state index contributed by atoms with van der Waals surface area (Å²) >= 11 is 1.63. The topological polar surface area (TPSA) is 52.1 Å². The maximum absolute atomic E-state index is 11.3. The van der Waals surface area contributed by atoms with Crippen molar-refractivity contribution < 1.29 is 9.53 Å². The van der Waals surface area contributed by atoms with Crippen LogP contribution in [0.5, 0.6) is 0 Å². The van der Waals surface area contributed by atoms with E-state index in [2.05, 4.69) is 9.97 Å². The molecular weight excluding hydrogens is 236 g/mol. The average molecular weight is 252 g/mol. The summed E-state index contributed by atoms with van der Waals surface area (Å²) in [5, 5.41) is 0.793. The molecule has 0 radical (unpaired) electrons. The molecule has 0 bridgehead atoms. The Morgan fingerprint density at radius 3 is 2.94 bits per heavy atom. The van der Waals surface area contributed by atoms with E-state index in [0.29, 0.717) is 6.42 Å². The summed E-state index contributed by atoms with van der Waals surface area (Å²) in [5.74, 6) is 0.777. The second kappa shape index (κ2) is 5.04. The van der Waals surface area contributed by atoms with E-state index in [-0.39, 0.29) is 11.4 Å². The highest BCUT2D eigenvalue weighted by Gasteiger charge is 2.44. The first-order chi connectivity index (χ1) is 8.13. The van der Waals surface area contributed by atoms with E-state index in [1.54, 1.807) is 18.0 Å². The van der Waals surface area contributed by atoms with Gasteiger partial charge in [-0.05, 0) is 31.2 Å². The molecule has 1 aromatic heterocycles. The first-order valence-corrected chi connectivity index (χ1v) is 6.61. The van der Waals surface area contributed by atoms with E-state index in [0.717, 1.165) is 29.4 Å². The number of ether oxygens (including phenoxy) is 1. The molecule has 0 unspecified atom stereocenters. The Kier molecular flexibility index (Phi) is 3.66. The van der Waals surface area contributed by atoms with Gasteiger partial charge in [-0.3, -0.25) is 4.79 Å². The standard InChI is InChI=1S/C12H16N2O2S/c1-9-3-6-13-11(14-9)17-8-12(4-5-12)7-10(15)16-2/h3,6H,4-5,7-8H2,1-2H3. The number of carbonyl (C=O) groups is 1. The number of hydrogen-bond acceptors (Lipinski definition) is 5. The van der Waals surface area contributed by atoms with Gasteiger partial charge in [-0.25, -0.2) is 9.97 Å². The fourth-order valence-corrected chi connectivity index (χ4v) is 2.81. The minimum atomic E-state index is -0.117. The van der Waals surface area contributed by atoms with Crippen LogP contribution in [0.4, 0.5) is 0 Å². The number of thioether (sulfide) groups is 1. The zero-order chi connectivity index (χ0) is 12.3. The van der Waals surface area contributed by atoms with Crippen molar-refractivity contribution in [1.29, 1.82) is 0 Å². The lowest BCUT2D eigenvalue weighted by Gasteiger charge is -2.12. The van der Waals surface area contributed by atoms with Crippen LogP contribution in [0.2, 0.25) is 0 Å². The predicted molar refractivity (Wildman–Crippen MR) is 65.8 cm³/mol. The summed E-state index contributed by atoms with van der Waals surface area (Å²) < 4.78 is 4.72. The molecule has 0 spiro atoms. The van der Waals surface area contributed by atoms with Gasteiger partial charge >= 0.3 is 5.97 Å². The van der Waals surface area contributed by atoms with Crippen LogP contribution in [0.3, 0.4) is 0 Å². The molecule has 0 N–H and O–H groups in total. The molecule has 1 saturated carbocycles. The maximum atomic E-state index is 11.3. The largest absolute Gasteiger partial charge is 0.469 e. The molecular formula is C12H16N2O2S. The molecule has 5 heteroatoms. The molecule has 0 aliphatic heterocycles. The van der Waals surface area contributed by atoms with Crippen molar-refractivity contribution in [3.05, 3.63) is 18.0 Å². The molecule has 1 aliphatic carbocycles. The third-order valence-corrected chi connectivity index (χ3v) is 4.20. The summed E-state index contributed by atoms with van der Waals surface area (Å²) in [6.45, 7) is 1.95. The number of esters is 1. The molecule has 0 atom stereocenters. The molecule has 1 aliphatic rings. The van der Waals surface area contributed by atoms with Gasteiger partial charge in [-0.15, -0.1) is 0 Å². The number of methoxy groups -OCH3 is 1. The monoisotopic (exact) mass is 252 g/mol. The van der Waals surface area contributed by atoms with E-state index < -0.39 is 0 Å². The number of hydrogen-bond donors (Lipinski definition) is 0. The van der Waals surface area contributed by atoms with Gasteiger partial charge in [0.15, 0.2) is 5.16 Å². The summed E-state index contributed by atoms with van der Waals surface area (Å²) in [5.41, 5.74) is 1.10. The SMILES string of the molecule is COC(=O)CC1(CSc2nccc(C)n2)CC1. The van der Waals surface area contributed by atoms with Crippen molar-refractivity contribution in [3.8, 4) is 0 Å². The van der Waals surface area contributed by atoms with E-state index in [1.807, 2.05) is 13.0 Å². The molecule has 2 rings (SSSR count). The molecule has 0 amide bonds. The molecule has 0 saturated heterocycles. The summed E-state index contributed by atoms with van der Waals surface area (Å²) in [7, 11) is 1.44. The second-order valence-corrected chi connectivity index (χ2v) is 5.46. The van der Waals surface area contributed by atoms with Gasteiger partial charge in [-0.1, -0.05) is 11.8 Å². The number of aryl methyl sites for hydroxylation is 1. The molecule has 1 aromatic rings. The molecule has 92 valence electrons. The van der Waals surface area contributed by atoms with Crippen LogP contribution in [0.1, 0.15) is 25.0 Å². The molecule has 0 aromatic carbocycles. The van der Waals surface area contributed by atoms with Gasteiger partial charge in [0.2, 0.25) is 0 Å². The first kappa shape index (κ1) is 12.4. The average Bonchev–Trinajstić information content (AvgIpc) is 3.07. The van der Waals surface area contributed by atoms with E-state index >= 15 is 0 Å². The lowest BCUT2D eigenvalue weighted by Crippen LogP contribution is -2.13. The molecule has 1 fully saturated rings. The number of aromatic nitrogens is 2. The Hall–Kier alpha value is -1.10. The summed E-state index contributed by atoms with van der Waals surface area (Å²) in [6.07, 6.45) is 4.48. The van der Waals surface area contributed by atoms with Crippen molar-refractivity contribution in [2.75, 3.05) is 12.9 Å². The van der Waals surface area contributed by atoms with Crippen molar-refractivity contribution >= 4 is 17.7 Å². The summed E-state index contributed by atoms with van der Waals surface area (Å²) in [4.78, 5) is 19.8. The normalized spacial score (nSPS) is 16.6. The molecule has 17 heavy (non-hydrogen) atoms. The fraction of sp³-hybridized carbons (Fsp3) is 0.583. The second-order valence-electron chi connectivity index (χ2n) is 4.52. The smallest absolute Gasteiger partial charge is 0.306 e. The lowest BCUT2D eigenvalue weighted by molar-refractivity contribution is -0.141. The van der Waals surface area contributed by atoms with Crippen LogP contribution in [-0.2, 0) is 9.53 Å². The van der Waals surface area contributed by atoms with Crippen LogP contribution in [0, 0.1) is 12.3 Å².